The molecule has 2 saturated heterocycles. The maximum Gasteiger partial charge on any atom is 0.276 e. The highest BCUT2D eigenvalue weighted by atomic mass is 16.2. The van der Waals surface area contributed by atoms with E-state index >= 15 is 0 Å². The summed E-state index contributed by atoms with van der Waals surface area (Å²) < 4.78 is 1.92. The van der Waals surface area contributed by atoms with Gasteiger partial charge in [-0.05, 0) is 56.3 Å². The number of carbonyl (C=O) groups excluding carboxylic acids is 1. The van der Waals surface area contributed by atoms with Gasteiger partial charge in [0, 0.05) is 46.0 Å². The fraction of sp³-hybridized carbons (Fsp3) is 0.591. The van der Waals surface area contributed by atoms with E-state index in [1.165, 1.54) is 17.7 Å². The Bertz CT molecular complexity index is 809. The van der Waals surface area contributed by atoms with E-state index in [1.807, 2.05) is 15.8 Å². The molecule has 7 heteroatoms. The number of anilines is 1. The molecule has 1 aromatic heterocycles. The van der Waals surface area contributed by atoms with E-state index in [0.29, 0.717) is 5.69 Å². The number of amides is 1. The predicted molar refractivity (Wildman–Crippen MR) is 114 cm³/mol. The summed E-state index contributed by atoms with van der Waals surface area (Å²) in [5.41, 5.74) is 3.04. The first-order valence-corrected chi connectivity index (χ1v) is 10.8. The highest BCUT2D eigenvalue weighted by Gasteiger charge is 2.25. The average Bonchev–Trinajstić information content (AvgIpc) is 3.25. The van der Waals surface area contributed by atoms with Crippen molar-refractivity contribution in [3.05, 3.63) is 41.7 Å². The fourth-order valence-electron chi connectivity index (χ4n) is 4.36. The minimum Gasteiger partial charge on any atom is -0.378 e. The van der Waals surface area contributed by atoms with E-state index in [-0.39, 0.29) is 11.9 Å². The Balaban J connectivity index is 1.37. The Morgan fingerprint density at radius 1 is 1.07 bits per heavy atom. The lowest BCUT2D eigenvalue weighted by Gasteiger charge is -2.32. The molecule has 0 aliphatic carbocycles. The number of likely N-dealkylation sites (tertiary alicyclic amines) is 2. The van der Waals surface area contributed by atoms with E-state index in [9.17, 15) is 4.79 Å². The van der Waals surface area contributed by atoms with Crippen molar-refractivity contribution in [2.45, 2.75) is 44.7 Å². The second-order valence-electron chi connectivity index (χ2n) is 8.53. The quantitative estimate of drug-likeness (QED) is 0.778. The number of nitrogens with zero attached hydrogens (tertiary/aromatic N) is 6. The molecule has 0 saturated carbocycles. The van der Waals surface area contributed by atoms with Crippen LogP contribution >= 0.6 is 0 Å². The molecule has 1 aromatic carbocycles. The van der Waals surface area contributed by atoms with Crippen molar-refractivity contribution in [1.82, 2.24) is 24.8 Å². The zero-order valence-electron chi connectivity index (χ0n) is 17.6. The van der Waals surface area contributed by atoms with Crippen molar-refractivity contribution in [3.63, 3.8) is 0 Å². The molecule has 0 N–H and O–H groups in total. The van der Waals surface area contributed by atoms with Gasteiger partial charge in [0.25, 0.3) is 5.91 Å². The van der Waals surface area contributed by atoms with Crippen LogP contribution in [0.1, 0.15) is 54.2 Å². The third-order valence-corrected chi connectivity index (χ3v) is 6.09. The van der Waals surface area contributed by atoms with Crippen molar-refractivity contribution < 1.29 is 4.79 Å². The normalized spacial score (nSPS) is 20.6. The van der Waals surface area contributed by atoms with Crippen LogP contribution in [0.5, 0.6) is 0 Å². The Morgan fingerprint density at radius 2 is 1.83 bits per heavy atom. The molecule has 4 rings (SSSR count). The molecule has 0 spiro atoms. The van der Waals surface area contributed by atoms with Gasteiger partial charge in [-0.1, -0.05) is 17.3 Å². The third kappa shape index (κ3) is 4.78. The number of piperidine rings is 2. The topological polar surface area (TPSA) is 57.5 Å². The van der Waals surface area contributed by atoms with Crippen LogP contribution < -0.4 is 4.90 Å². The van der Waals surface area contributed by atoms with Gasteiger partial charge in [-0.2, -0.15) is 0 Å². The van der Waals surface area contributed by atoms with Gasteiger partial charge >= 0.3 is 0 Å². The molecule has 0 radical (unpaired) electrons. The average molecular weight is 397 g/mol. The number of carbonyl (C=O) groups is 1. The van der Waals surface area contributed by atoms with E-state index in [2.05, 4.69) is 58.5 Å². The van der Waals surface area contributed by atoms with Crippen LogP contribution in [0.3, 0.4) is 0 Å². The summed E-state index contributed by atoms with van der Waals surface area (Å²) in [7, 11) is 4.12. The SMILES string of the molecule is CN(C)c1ccc(CN2CCC[C@H](n3cc(C(=O)N4CCCCC4)nn3)C2)cc1. The summed E-state index contributed by atoms with van der Waals surface area (Å²) in [6, 6.07) is 9.05. The molecule has 2 aliphatic rings. The smallest absolute Gasteiger partial charge is 0.276 e. The molecule has 1 amide bonds. The second-order valence-corrected chi connectivity index (χ2v) is 8.53. The molecule has 0 bridgehead atoms. The van der Waals surface area contributed by atoms with Gasteiger partial charge in [-0.25, -0.2) is 4.68 Å². The first-order valence-electron chi connectivity index (χ1n) is 10.8. The molecule has 0 unspecified atom stereocenters. The van der Waals surface area contributed by atoms with E-state index in [4.69, 9.17) is 0 Å². The van der Waals surface area contributed by atoms with Gasteiger partial charge in [-0.15, -0.1) is 5.10 Å². The largest absolute Gasteiger partial charge is 0.378 e. The van der Waals surface area contributed by atoms with Crippen molar-refractivity contribution in [2.24, 2.45) is 0 Å². The van der Waals surface area contributed by atoms with Crippen molar-refractivity contribution in [1.29, 1.82) is 0 Å². The van der Waals surface area contributed by atoms with E-state index in [0.717, 1.165) is 58.4 Å². The van der Waals surface area contributed by atoms with Gasteiger partial charge in [0.2, 0.25) is 0 Å². The summed E-state index contributed by atoms with van der Waals surface area (Å²) >= 11 is 0. The fourth-order valence-corrected chi connectivity index (χ4v) is 4.36. The molecule has 2 fully saturated rings. The van der Waals surface area contributed by atoms with Crippen LogP contribution in [-0.4, -0.2) is 71.0 Å². The van der Waals surface area contributed by atoms with E-state index < -0.39 is 0 Å². The number of aromatic nitrogens is 3. The zero-order chi connectivity index (χ0) is 20.2. The zero-order valence-corrected chi connectivity index (χ0v) is 17.6. The van der Waals surface area contributed by atoms with Crippen LogP contribution in [0.15, 0.2) is 30.5 Å². The highest BCUT2D eigenvalue weighted by molar-refractivity contribution is 5.91. The monoisotopic (exact) mass is 396 g/mol. The summed E-state index contributed by atoms with van der Waals surface area (Å²) in [4.78, 5) is 19.2. The molecule has 156 valence electrons. The standard InChI is InChI=1S/C22H32N6O/c1-25(2)19-10-8-18(9-11-19)15-26-12-6-7-20(16-26)28-17-21(23-24-28)22(29)27-13-4-3-5-14-27/h8-11,17,20H,3-7,12-16H2,1-2H3/t20-/m0/s1. The van der Waals surface area contributed by atoms with E-state index in [1.54, 1.807) is 0 Å². The highest BCUT2D eigenvalue weighted by Crippen LogP contribution is 2.23. The Hall–Kier alpha value is -2.41. The molecule has 2 aliphatic heterocycles. The van der Waals surface area contributed by atoms with Crippen LogP contribution in [0.4, 0.5) is 5.69 Å². The maximum absolute atomic E-state index is 12.7. The van der Waals surface area contributed by atoms with Gasteiger partial charge in [-0.3, -0.25) is 9.69 Å². The summed E-state index contributed by atoms with van der Waals surface area (Å²) in [5, 5.41) is 8.52. The molecular weight excluding hydrogens is 364 g/mol. The number of hydrogen-bond acceptors (Lipinski definition) is 5. The summed E-state index contributed by atoms with van der Waals surface area (Å²) in [5.74, 6) is 0.0320. The molecular formula is C22H32N6O. The van der Waals surface area contributed by atoms with Gasteiger partial charge in [0.05, 0.1) is 12.2 Å². The minimum atomic E-state index is 0.0320. The van der Waals surface area contributed by atoms with Crippen LogP contribution in [0.2, 0.25) is 0 Å². The molecule has 29 heavy (non-hydrogen) atoms. The van der Waals surface area contributed by atoms with Crippen LogP contribution in [0, 0.1) is 0 Å². The lowest BCUT2D eigenvalue weighted by molar-refractivity contribution is 0.0718. The van der Waals surface area contributed by atoms with Gasteiger partial charge in [0.15, 0.2) is 5.69 Å². The Morgan fingerprint density at radius 3 is 2.55 bits per heavy atom. The Labute approximate surface area is 173 Å². The van der Waals surface area contributed by atoms with Crippen LogP contribution in [-0.2, 0) is 6.54 Å². The molecule has 1 atom stereocenters. The molecule has 2 aromatic rings. The number of hydrogen-bond donors (Lipinski definition) is 0. The third-order valence-electron chi connectivity index (χ3n) is 6.09. The lowest BCUT2D eigenvalue weighted by Crippen LogP contribution is -2.36. The number of rotatable bonds is 5. The first kappa shape index (κ1) is 19.9. The van der Waals surface area contributed by atoms with Crippen molar-refractivity contribution >= 4 is 11.6 Å². The maximum atomic E-state index is 12.7. The Kier molecular flexibility index (Phi) is 6.13. The van der Waals surface area contributed by atoms with Gasteiger partial charge in [0.1, 0.15) is 0 Å². The van der Waals surface area contributed by atoms with Crippen LogP contribution in [0.25, 0.3) is 0 Å². The minimum absolute atomic E-state index is 0.0320. The predicted octanol–water partition coefficient (Wildman–Crippen LogP) is 2.81. The second kappa shape index (κ2) is 8.95. The molecule has 3 heterocycles. The van der Waals surface area contributed by atoms with Crippen molar-refractivity contribution in [3.8, 4) is 0 Å². The van der Waals surface area contributed by atoms with Gasteiger partial charge < -0.3 is 9.80 Å². The molecule has 7 nitrogen and oxygen atoms in total. The summed E-state index contributed by atoms with van der Waals surface area (Å²) in [6.45, 7) is 4.67. The summed E-state index contributed by atoms with van der Waals surface area (Å²) in [6.07, 6.45) is 7.47. The number of benzene rings is 1. The van der Waals surface area contributed by atoms with Crippen molar-refractivity contribution in [2.75, 3.05) is 45.2 Å². The first-order chi connectivity index (χ1) is 14.1. The lowest BCUT2D eigenvalue weighted by atomic mass is 10.0.